The largest absolute Gasteiger partial charge is 0.438 e. The normalized spacial score (nSPS) is 11.7. The van der Waals surface area contributed by atoms with E-state index in [-0.39, 0.29) is 12.1 Å². The molecule has 0 aliphatic heterocycles. The molecule has 5 heteroatoms. The Bertz CT molecular complexity index is 905. The molecule has 0 spiro atoms. The first kappa shape index (κ1) is 20.4. The van der Waals surface area contributed by atoms with Crippen LogP contribution in [0.3, 0.4) is 0 Å². The van der Waals surface area contributed by atoms with E-state index >= 15 is 0 Å². The second kappa shape index (κ2) is 9.25. The molecule has 3 rings (SSSR count). The van der Waals surface area contributed by atoms with Gasteiger partial charge < -0.3 is 4.53 Å². The van der Waals surface area contributed by atoms with Gasteiger partial charge in [-0.05, 0) is 22.5 Å². The molecule has 4 nitrogen and oxygen atoms in total. The van der Waals surface area contributed by atoms with Gasteiger partial charge in [0.25, 0.3) is 0 Å². The van der Waals surface area contributed by atoms with E-state index in [9.17, 15) is 9.59 Å². The van der Waals surface area contributed by atoms with Crippen LogP contribution in [0.2, 0.25) is 0 Å². The number of ketones is 2. The molecule has 0 aliphatic rings. The van der Waals surface area contributed by atoms with Crippen LogP contribution in [0.4, 0.5) is 0 Å². The highest BCUT2D eigenvalue weighted by Gasteiger charge is 2.45. The molecule has 0 saturated heterocycles. The van der Waals surface area contributed by atoms with Crippen LogP contribution in [0.15, 0.2) is 96.2 Å². The number of hydrogen-bond donors (Lipinski definition) is 0. The first-order chi connectivity index (χ1) is 14.1. The number of nitrogens with zero attached hydrogens (tertiary/aromatic N) is 1. The van der Waals surface area contributed by atoms with Gasteiger partial charge in [-0.25, -0.2) is 0 Å². The first-order valence-corrected chi connectivity index (χ1v) is 11.5. The number of hydrogen-bond acceptors (Lipinski definition) is 4. The highest BCUT2D eigenvalue weighted by Crippen LogP contribution is 2.10. The van der Waals surface area contributed by atoms with Crippen molar-refractivity contribution in [2.24, 2.45) is 5.16 Å². The van der Waals surface area contributed by atoms with E-state index in [4.69, 9.17) is 4.53 Å². The van der Waals surface area contributed by atoms with Crippen molar-refractivity contribution in [1.82, 2.24) is 0 Å². The topological polar surface area (TPSA) is 55.7 Å². The summed E-state index contributed by atoms with van der Waals surface area (Å²) in [6, 6.07) is 29.8. The average Bonchev–Trinajstić information content (AvgIpc) is 2.80. The lowest BCUT2D eigenvalue weighted by Crippen LogP contribution is -2.68. The summed E-state index contributed by atoms with van der Waals surface area (Å²) in [4.78, 5) is 24.1. The molecule has 3 aromatic rings. The van der Waals surface area contributed by atoms with Gasteiger partial charge in [0.05, 0.1) is 0 Å². The van der Waals surface area contributed by atoms with Gasteiger partial charge in [0.1, 0.15) is 5.71 Å². The maximum atomic E-state index is 12.3. The van der Waals surface area contributed by atoms with Gasteiger partial charge in [-0.15, -0.1) is 5.16 Å². The summed E-state index contributed by atoms with van der Waals surface area (Å²) in [6.45, 7) is 3.18. The zero-order valence-electron chi connectivity index (χ0n) is 16.5. The molecule has 0 fully saturated rings. The summed E-state index contributed by atoms with van der Waals surface area (Å²) >= 11 is 0. The number of carbonyl (C=O) groups excluding carboxylic acids is 2. The second-order valence-corrected chi connectivity index (χ2v) is 9.93. The summed E-state index contributed by atoms with van der Waals surface area (Å²) < 4.78 is 6.32. The van der Waals surface area contributed by atoms with Crippen LogP contribution < -0.4 is 15.6 Å². The SMILES string of the molecule is CCC(=O)C(=O)/C(C)=N/O[Si](c1ccccc1)(c1ccccc1)c1ccccc1. The van der Waals surface area contributed by atoms with Crippen LogP contribution >= 0.6 is 0 Å². The fourth-order valence-corrected chi connectivity index (χ4v) is 6.79. The Balaban J connectivity index is 2.20. The monoisotopic (exact) mass is 401 g/mol. The maximum Gasteiger partial charge on any atom is 0.380 e. The van der Waals surface area contributed by atoms with E-state index in [1.807, 2.05) is 91.0 Å². The fourth-order valence-electron chi connectivity index (χ4n) is 3.22. The molecule has 0 aromatic heterocycles. The third-order valence-electron chi connectivity index (χ3n) is 4.76. The van der Waals surface area contributed by atoms with Gasteiger partial charge in [-0.2, -0.15) is 0 Å². The molecular formula is C24H23NO3Si. The molecular weight excluding hydrogens is 378 g/mol. The third-order valence-corrected chi connectivity index (χ3v) is 8.57. The molecule has 0 unspecified atom stereocenters. The molecule has 0 bridgehead atoms. The van der Waals surface area contributed by atoms with Gasteiger partial charge in [0, 0.05) is 6.42 Å². The highest BCUT2D eigenvalue weighted by molar-refractivity contribution is 7.07. The van der Waals surface area contributed by atoms with Crippen molar-refractivity contribution in [1.29, 1.82) is 0 Å². The number of Topliss-reactive ketones (excluding diaryl/α,β-unsaturated/α-hetero) is 2. The van der Waals surface area contributed by atoms with Crippen LogP contribution in [-0.4, -0.2) is 25.6 Å². The van der Waals surface area contributed by atoms with Crippen LogP contribution in [0, 0.1) is 0 Å². The maximum absolute atomic E-state index is 12.3. The van der Waals surface area contributed by atoms with E-state index < -0.39 is 19.9 Å². The van der Waals surface area contributed by atoms with E-state index in [1.165, 1.54) is 6.92 Å². The van der Waals surface area contributed by atoms with Gasteiger partial charge >= 0.3 is 8.32 Å². The van der Waals surface area contributed by atoms with Gasteiger partial charge in [0.15, 0.2) is 0 Å². The molecule has 0 N–H and O–H groups in total. The predicted molar refractivity (Wildman–Crippen MR) is 118 cm³/mol. The number of oxime groups is 1. The number of benzene rings is 3. The minimum Gasteiger partial charge on any atom is -0.438 e. The average molecular weight is 402 g/mol. The molecule has 146 valence electrons. The van der Waals surface area contributed by atoms with E-state index in [0.29, 0.717) is 0 Å². The van der Waals surface area contributed by atoms with Crippen LogP contribution in [0.1, 0.15) is 20.3 Å². The zero-order valence-corrected chi connectivity index (χ0v) is 17.5. The van der Waals surface area contributed by atoms with Crippen molar-refractivity contribution in [3.8, 4) is 0 Å². The molecule has 0 radical (unpaired) electrons. The first-order valence-electron chi connectivity index (χ1n) is 9.56. The minimum atomic E-state index is -3.03. The van der Waals surface area contributed by atoms with E-state index in [2.05, 4.69) is 5.16 Å². The van der Waals surface area contributed by atoms with Crippen LogP contribution in [-0.2, 0) is 14.1 Å². The summed E-state index contributed by atoms with van der Waals surface area (Å²) in [5, 5.41) is 7.21. The molecule has 0 heterocycles. The van der Waals surface area contributed by atoms with Crippen molar-refractivity contribution in [2.75, 3.05) is 0 Å². The van der Waals surface area contributed by atoms with Gasteiger partial charge in [-0.3, -0.25) is 9.59 Å². The predicted octanol–water partition coefficient (Wildman–Crippen LogP) is 2.59. The van der Waals surface area contributed by atoms with Crippen molar-refractivity contribution in [3.05, 3.63) is 91.0 Å². The molecule has 3 aromatic carbocycles. The molecule has 0 amide bonds. The third kappa shape index (κ3) is 4.25. The Hall–Kier alpha value is -3.31. The minimum absolute atomic E-state index is 0.0662. The lowest BCUT2D eigenvalue weighted by Gasteiger charge is -2.30. The highest BCUT2D eigenvalue weighted by atomic mass is 28.4. The molecule has 0 aliphatic carbocycles. The second-order valence-electron chi connectivity index (χ2n) is 6.65. The van der Waals surface area contributed by atoms with Gasteiger partial charge in [0.2, 0.25) is 11.6 Å². The lowest BCUT2D eigenvalue weighted by molar-refractivity contribution is -0.132. The summed E-state index contributed by atoms with van der Waals surface area (Å²) in [5.41, 5.74) is 0.0662. The molecule has 0 saturated carbocycles. The molecule has 0 atom stereocenters. The smallest absolute Gasteiger partial charge is 0.380 e. The summed E-state index contributed by atoms with van der Waals surface area (Å²) in [7, 11) is -3.03. The Kier molecular flexibility index (Phi) is 6.52. The van der Waals surface area contributed by atoms with Crippen molar-refractivity contribution < 1.29 is 14.1 Å². The van der Waals surface area contributed by atoms with Gasteiger partial charge in [-0.1, -0.05) is 97.9 Å². The summed E-state index contributed by atoms with van der Waals surface area (Å²) in [5.74, 6) is -1.08. The standard InChI is InChI=1S/C24H23NO3Si/c1-3-23(26)24(27)19(2)25-28-29(20-13-7-4-8-14-20,21-15-9-5-10-16-21)22-17-11-6-12-18-22/h4-18H,3H2,1-2H3/b25-19+. The lowest BCUT2D eigenvalue weighted by atomic mass is 10.1. The van der Waals surface area contributed by atoms with E-state index in [0.717, 1.165) is 15.6 Å². The van der Waals surface area contributed by atoms with Crippen LogP contribution in [0.25, 0.3) is 0 Å². The van der Waals surface area contributed by atoms with Crippen molar-refractivity contribution in [2.45, 2.75) is 20.3 Å². The quantitative estimate of drug-likeness (QED) is 0.192. The molecule has 29 heavy (non-hydrogen) atoms. The fraction of sp³-hybridized carbons (Fsp3) is 0.125. The van der Waals surface area contributed by atoms with Crippen LogP contribution in [0.5, 0.6) is 0 Å². The van der Waals surface area contributed by atoms with E-state index in [1.54, 1.807) is 6.92 Å². The number of carbonyl (C=O) groups is 2. The Morgan fingerprint density at radius 3 is 1.48 bits per heavy atom. The Morgan fingerprint density at radius 2 is 1.14 bits per heavy atom. The van der Waals surface area contributed by atoms with Crippen molar-refractivity contribution in [3.63, 3.8) is 0 Å². The Labute approximate surface area is 172 Å². The van der Waals surface area contributed by atoms with Crippen molar-refractivity contribution >= 4 is 41.2 Å². The number of rotatable bonds is 8. The summed E-state index contributed by atoms with van der Waals surface area (Å²) in [6.07, 6.45) is 0.143. The zero-order chi connectivity index (χ0) is 20.7. The Morgan fingerprint density at radius 1 is 0.759 bits per heavy atom.